The summed E-state index contributed by atoms with van der Waals surface area (Å²) in [6.07, 6.45) is 0. The van der Waals surface area contributed by atoms with Crippen molar-refractivity contribution in [2.24, 2.45) is 0 Å². The van der Waals surface area contributed by atoms with Gasteiger partial charge in [0.15, 0.2) is 5.78 Å². The Kier molecular flexibility index (Phi) is 4.34. The van der Waals surface area contributed by atoms with Crippen molar-refractivity contribution in [3.8, 4) is 0 Å². The lowest BCUT2D eigenvalue weighted by Gasteiger charge is -2.37. The lowest BCUT2D eigenvalue weighted by molar-refractivity contribution is 0.0931. The van der Waals surface area contributed by atoms with Crippen molar-refractivity contribution < 1.29 is 4.79 Å². The Hall–Kier alpha value is 0.160. The summed E-state index contributed by atoms with van der Waals surface area (Å²) >= 11 is 6.93. The first-order valence-electron chi connectivity index (χ1n) is 5.60. The predicted octanol–water partition coefficient (Wildman–Crippen LogP) is 3.52. The van der Waals surface area contributed by atoms with Crippen LogP contribution in [0.15, 0.2) is 15.9 Å². The van der Waals surface area contributed by atoms with E-state index in [2.05, 4.69) is 34.7 Å². The summed E-state index contributed by atoms with van der Waals surface area (Å²) in [6.45, 7) is 7.04. The van der Waals surface area contributed by atoms with Crippen LogP contribution in [0, 0.1) is 0 Å². The summed E-state index contributed by atoms with van der Waals surface area (Å²) < 4.78 is 1.20. The first-order chi connectivity index (χ1) is 7.98. The minimum Gasteiger partial charge on any atom is -0.294 e. The standard InChI is InChI=1S/C12H16BrNOS2/c1-12(2)8-14(4-6-17-12)7-10(15)11-9(13)3-5-16-11/h3,5H,4,6-8H2,1-2H3. The van der Waals surface area contributed by atoms with Crippen LogP contribution in [-0.2, 0) is 0 Å². The highest BCUT2D eigenvalue weighted by atomic mass is 79.9. The summed E-state index contributed by atoms with van der Waals surface area (Å²) in [5.41, 5.74) is 0. The number of carbonyl (C=O) groups excluding carboxylic acids is 1. The number of carbonyl (C=O) groups is 1. The topological polar surface area (TPSA) is 20.3 Å². The van der Waals surface area contributed by atoms with Gasteiger partial charge in [-0.05, 0) is 41.2 Å². The smallest absolute Gasteiger partial charge is 0.187 e. The fourth-order valence-electron chi connectivity index (χ4n) is 2.02. The molecule has 0 aromatic carbocycles. The van der Waals surface area contributed by atoms with Crippen molar-refractivity contribution in [1.82, 2.24) is 4.90 Å². The van der Waals surface area contributed by atoms with E-state index in [0.29, 0.717) is 6.54 Å². The fraction of sp³-hybridized carbons (Fsp3) is 0.583. The summed E-state index contributed by atoms with van der Waals surface area (Å²) in [6, 6.07) is 1.94. The van der Waals surface area contributed by atoms with Crippen molar-refractivity contribution >= 4 is 44.8 Å². The molecule has 0 atom stereocenters. The molecular weight excluding hydrogens is 318 g/mol. The van der Waals surface area contributed by atoms with Crippen molar-refractivity contribution in [3.63, 3.8) is 0 Å². The number of nitrogens with zero attached hydrogens (tertiary/aromatic N) is 1. The van der Waals surface area contributed by atoms with Crippen molar-refractivity contribution in [1.29, 1.82) is 0 Å². The van der Waals surface area contributed by atoms with Crippen molar-refractivity contribution in [3.05, 3.63) is 20.8 Å². The second kappa shape index (κ2) is 5.43. The van der Waals surface area contributed by atoms with Crippen LogP contribution in [0.5, 0.6) is 0 Å². The lowest BCUT2D eigenvalue weighted by Crippen LogP contribution is -2.45. The maximum absolute atomic E-state index is 12.1. The zero-order valence-corrected chi connectivity index (χ0v) is 13.3. The van der Waals surface area contributed by atoms with Gasteiger partial charge in [-0.15, -0.1) is 11.3 Å². The second-order valence-corrected chi connectivity index (χ2v) is 8.41. The third kappa shape index (κ3) is 3.56. The van der Waals surface area contributed by atoms with Crippen LogP contribution < -0.4 is 0 Å². The summed E-state index contributed by atoms with van der Waals surface area (Å²) in [7, 11) is 0. The number of thiophene rings is 1. The molecule has 17 heavy (non-hydrogen) atoms. The number of halogens is 1. The molecule has 2 heterocycles. The molecule has 0 N–H and O–H groups in total. The van der Waals surface area contributed by atoms with Gasteiger partial charge in [0.05, 0.1) is 11.4 Å². The molecule has 1 saturated heterocycles. The molecule has 2 rings (SSSR count). The van der Waals surface area contributed by atoms with E-state index in [1.54, 1.807) is 0 Å². The molecule has 1 aliphatic rings. The van der Waals surface area contributed by atoms with Gasteiger partial charge < -0.3 is 0 Å². The highest BCUT2D eigenvalue weighted by molar-refractivity contribution is 9.10. The van der Waals surface area contributed by atoms with Gasteiger partial charge in [0, 0.05) is 28.1 Å². The number of rotatable bonds is 3. The SMILES string of the molecule is CC1(C)CN(CC(=O)c2sccc2Br)CCS1. The number of hydrogen-bond acceptors (Lipinski definition) is 4. The maximum Gasteiger partial charge on any atom is 0.187 e. The maximum atomic E-state index is 12.1. The van der Waals surface area contributed by atoms with Crippen LogP contribution in [0.3, 0.4) is 0 Å². The van der Waals surface area contributed by atoms with Gasteiger partial charge in [-0.1, -0.05) is 0 Å². The molecule has 0 aliphatic carbocycles. The van der Waals surface area contributed by atoms with Gasteiger partial charge in [0.25, 0.3) is 0 Å². The minimum atomic E-state index is 0.231. The molecule has 1 fully saturated rings. The average molecular weight is 334 g/mol. The van der Waals surface area contributed by atoms with E-state index in [1.165, 1.54) is 11.3 Å². The molecular formula is C12H16BrNOS2. The molecule has 0 unspecified atom stereocenters. The Labute approximate surface area is 119 Å². The summed E-state index contributed by atoms with van der Waals surface area (Å²) in [5, 5.41) is 1.95. The second-order valence-electron chi connectivity index (χ2n) is 4.84. The Morgan fingerprint density at radius 3 is 2.94 bits per heavy atom. The van der Waals surface area contributed by atoms with E-state index >= 15 is 0 Å². The highest BCUT2D eigenvalue weighted by Gasteiger charge is 2.28. The molecule has 94 valence electrons. The molecule has 0 spiro atoms. The molecule has 5 heteroatoms. The normalized spacial score (nSPS) is 20.4. The monoisotopic (exact) mass is 333 g/mol. The Bertz CT molecular complexity index is 416. The van der Waals surface area contributed by atoms with Gasteiger partial charge in [-0.2, -0.15) is 11.8 Å². The van der Waals surface area contributed by atoms with Crippen molar-refractivity contribution in [2.75, 3.05) is 25.4 Å². The zero-order valence-electron chi connectivity index (χ0n) is 10.0. The van der Waals surface area contributed by atoms with Gasteiger partial charge in [-0.3, -0.25) is 9.69 Å². The quantitative estimate of drug-likeness (QED) is 0.789. The molecule has 1 aromatic rings. The molecule has 1 aromatic heterocycles. The van der Waals surface area contributed by atoms with Crippen LogP contribution in [0.25, 0.3) is 0 Å². The Morgan fingerprint density at radius 1 is 1.59 bits per heavy atom. The largest absolute Gasteiger partial charge is 0.294 e. The van der Waals surface area contributed by atoms with Gasteiger partial charge in [-0.25, -0.2) is 0 Å². The van der Waals surface area contributed by atoms with Crippen LogP contribution in [-0.4, -0.2) is 40.8 Å². The highest BCUT2D eigenvalue weighted by Crippen LogP contribution is 2.30. The molecule has 0 saturated carbocycles. The molecule has 1 aliphatic heterocycles. The predicted molar refractivity (Wildman–Crippen MR) is 79.3 cm³/mol. The van der Waals surface area contributed by atoms with E-state index < -0.39 is 0 Å². The van der Waals surface area contributed by atoms with Crippen LogP contribution in [0.4, 0.5) is 0 Å². The average Bonchev–Trinajstić information content (AvgIpc) is 2.62. The number of Topliss-reactive ketones (excluding diaryl/α,β-unsaturated/α-hetero) is 1. The zero-order chi connectivity index (χ0) is 12.5. The first kappa shape index (κ1) is 13.6. The van der Waals surface area contributed by atoms with E-state index in [4.69, 9.17) is 0 Å². The fourth-order valence-corrected chi connectivity index (χ4v) is 4.72. The number of ketones is 1. The third-order valence-electron chi connectivity index (χ3n) is 2.74. The van der Waals surface area contributed by atoms with Gasteiger partial charge >= 0.3 is 0 Å². The van der Waals surface area contributed by atoms with Crippen LogP contribution in [0.2, 0.25) is 0 Å². The van der Waals surface area contributed by atoms with Crippen molar-refractivity contribution in [2.45, 2.75) is 18.6 Å². The summed E-state index contributed by atoms with van der Waals surface area (Å²) in [5.74, 6) is 1.35. The van der Waals surface area contributed by atoms with Crippen LogP contribution >= 0.6 is 39.0 Å². The summed E-state index contributed by atoms with van der Waals surface area (Å²) in [4.78, 5) is 15.3. The molecule has 0 amide bonds. The molecule has 2 nitrogen and oxygen atoms in total. The van der Waals surface area contributed by atoms with Crippen LogP contribution in [0.1, 0.15) is 23.5 Å². The first-order valence-corrected chi connectivity index (χ1v) is 8.26. The molecule has 0 radical (unpaired) electrons. The van der Waals surface area contributed by atoms with Gasteiger partial charge in [0.2, 0.25) is 0 Å². The third-order valence-corrected chi connectivity index (χ3v) is 5.92. The minimum absolute atomic E-state index is 0.231. The van der Waals surface area contributed by atoms with E-state index in [-0.39, 0.29) is 10.5 Å². The van der Waals surface area contributed by atoms with Gasteiger partial charge in [0.1, 0.15) is 0 Å². The molecule has 0 bridgehead atoms. The number of thioether (sulfide) groups is 1. The van der Waals surface area contributed by atoms with E-state index in [0.717, 1.165) is 28.2 Å². The van der Waals surface area contributed by atoms with E-state index in [9.17, 15) is 4.79 Å². The Balaban J connectivity index is 1.98. The lowest BCUT2D eigenvalue weighted by atomic mass is 10.1. The Morgan fingerprint density at radius 2 is 2.35 bits per heavy atom. The van der Waals surface area contributed by atoms with E-state index in [1.807, 2.05) is 23.2 Å². The number of hydrogen-bond donors (Lipinski definition) is 0.